The summed E-state index contributed by atoms with van der Waals surface area (Å²) >= 11 is 0. The van der Waals surface area contributed by atoms with Crippen molar-refractivity contribution in [1.29, 1.82) is 0 Å². The number of carbonyl (C=O) groups is 1. The van der Waals surface area contributed by atoms with E-state index in [1.54, 1.807) is 0 Å². The van der Waals surface area contributed by atoms with E-state index in [0.717, 1.165) is 42.9 Å². The molecule has 5 heteroatoms. The van der Waals surface area contributed by atoms with Gasteiger partial charge in [-0.1, -0.05) is 25.7 Å². The summed E-state index contributed by atoms with van der Waals surface area (Å²) in [6, 6.07) is 0.430. The second-order valence-electron chi connectivity index (χ2n) is 7.86. The average Bonchev–Trinajstić information content (AvgIpc) is 3.13. The smallest absolute Gasteiger partial charge is 0.254 e. The minimum atomic E-state index is -0.0107. The number of hydrogen-bond donors (Lipinski definition) is 1. The van der Waals surface area contributed by atoms with E-state index in [1.807, 2.05) is 6.92 Å². The molecule has 1 aromatic heterocycles. The molecular formula is C19H27N3O2. The molecule has 2 aliphatic heterocycles. The molecule has 3 aliphatic rings. The first kappa shape index (κ1) is 15.9. The Morgan fingerprint density at radius 3 is 2.62 bits per heavy atom. The minimum Gasteiger partial charge on any atom is -0.336 e. The molecule has 24 heavy (non-hydrogen) atoms. The number of nitrogens with one attached hydrogen (secondary N) is 1. The third-order valence-corrected chi connectivity index (χ3v) is 6.24. The molecule has 2 unspecified atom stereocenters. The monoisotopic (exact) mass is 329 g/mol. The van der Waals surface area contributed by atoms with Gasteiger partial charge < -0.3 is 9.88 Å². The van der Waals surface area contributed by atoms with Gasteiger partial charge in [0.1, 0.15) is 5.82 Å². The summed E-state index contributed by atoms with van der Waals surface area (Å²) in [6.07, 6.45) is 10.5. The maximum absolute atomic E-state index is 12.9. The molecule has 0 aromatic carbocycles. The van der Waals surface area contributed by atoms with Crippen LogP contribution in [0.15, 0.2) is 4.79 Å². The third-order valence-electron chi connectivity index (χ3n) is 6.24. The number of nitrogens with zero attached hydrogens (tertiary/aromatic N) is 2. The van der Waals surface area contributed by atoms with E-state index < -0.39 is 0 Å². The summed E-state index contributed by atoms with van der Waals surface area (Å²) in [6.45, 7) is 1.83. The number of carbonyl (C=O) groups excluding carboxylic acids is 1. The van der Waals surface area contributed by atoms with Crippen LogP contribution < -0.4 is 5.56 Å². The standard InChI is InChI=1S/C19H27N3O2/c1-12-20-17-11-15-8-7-14(10-16(17)19(24)21-12)22(15)18(23)9-6-13-4-2-3-5-13/h13-15H,2-11H2,1H3,(H,20,21,24). The lowest BCUT2D eigenvalue weighted by Gasteiger charge is -2.28. The molecular weight excluding hydrogens is 302 g/mol. The summed E-state index contributed by atoms with van der Waals surface area (Å²) in [4.78, 5) is 34.7. The molecule has 1 aromatic rings. The Morgan fingerprint density at radius 1 is 1.17 bits per heavy atom. The van der Waals surface area contributed by atoms with Crippen LogP contribution in [0.3, 0.4) is 0 Å². The normalized spacial score (nSPS) is 26.5. The van der Waals surface area contributed by atoms with Crippen molar-refractivity contribution in [3.8, 4) is 0 Å². The summed E-state index contributed by atoms with van der Waals surface area (Å²) < 4.78 is 0. The van der Waals surface area contributed by atoms with Gasteiger partial charge in [-0.05, 0) is 32.1 Å². The summed E-state index contributed by atoms with van der Waals surface area (Å²) in [5, 5.41) is 0. The number of rotatable bonds is 3. The van der Waals surface area contributed by atoms with Gasteiger partial charge in [0.05, 0.1) is 5.69 Å². The Bertz CT molecular complexity index is 690. The van der Waals surface area contributed by atoms with Gasteiger partial charge in [0.2, 0.25) is 5.91 Å². The molecule has 1 amide bonds. The Kier molecular flexibility index (Phi) is 4.19. The molecule has 1 N–H and O–H groups in total. The molecule has 0 radical (unpaired) electrons. The van der Waals surface area contributed by atoms with E-state index in [1.165, 1.54) is 25.7 Å². The van der Waals surface area contributed by atoms with Crippen molar-refractivity contribution in [2.45, 2.75) is 83.2 Å². The van der Waals surface area contributed by atoms with E-state index in [-0.39, 0.29) is 17.6 Å². The highest BCUT2D eigenvalue weighted by molar-refractivity contribution is 5.77. The fourth-order valence-corrected chi connectivity index (χ4v) is 5.03. The first-order chi connectivity index (χ1) is 11.6. The van der Waals surface area contributed by atoms with Crippen LogP contribution in [0, 0.1) is 12.8 Å². The summed E-state index contributed by atoms with van der Waals surface area (Å²) in [5.74, 6) is 1.73. The number of H-pyrrole nitrogens is 1. The maximum Gasteiger partial charge on any atom is 0.254 e. The van der Waals surface area contributed by atoms with Crippen LogP contribution in [0.2, 0.25) is 0 Å². The molecule has 2 fully saturated rings. The molecule has 5 nitrogen and oxygen atoms in total. The Morgan fingerprint density at radius 2 is 1.88 bits per heavy atom. The van der Waals surface area contributed by atoms with Crippen LogP contribution in [-0.4, -0.2) is 32.9 Å². The fraction of sp³-hybridized carbons (Fsp3) is 0.737. The lowest BCUT2D eigenvalue weighted by molar-refractivity contribution is -0.134. The van der Waals surface area contributed by atoms with Crippen LogP contribution >= 0.6 is 0 Å². The van der Waals surface area contributed by atoms with Gasteiger partial charge >= 0.3 is 0 Å². The second kappa shape index (κ2) is 6.34. The molecule has 2 atom stereocenters. The van der Waals surface area contributed by atoms with E-state index in [9.17, 15) is 9.59 Å². The molecule has 0 spiro atoms. The van der Waals surface area contributed by atoms with Crippen molar-refractivity contribution in [3.05, 3.63) is 27.4 Å². The van der Waals surface area contributed by atoms with E-state index in [4.69, 9.17) is 0 Å². The zero-order chi connectivity index (χ0) is 16.7. The van der Waals surface area contributed by atoms with Crippen molar-refractivity contribution < 1.29 is 4.79 Å². The van der Waals surface area contributed by atoms with Crippen LogP contribution in [0.4, 0.5) is 0 Å². The lowest BCUT2D eigenvalue weighted by Crippen LogP contribution is -2.41. The van der Waals surface area contributed by atoms with Crippen LogP contribution in [0.25, 0.3) is 0 Å². The molecule has 1 aliphatic carbocycles. The average molecular weight is 329 g/mol. The highest BCUT2D eigenvalue weighted by atomic mass is 16.2. The van der Waals surface area contributed by atoms with Gasteiger partial charge in [-0.15, -0.1) is 0 Å². The second-order valence-corrected chi connectivity index (χ2v) is 7.86. The molecule has 2 bridgehead atoms. The van der Waals surface area contributed by atoms with Gasteiger partial charge in [-0.2, -0.15) is 0 Å². The van der Waals surface area contributed by atoms with Crippen LogP contribution in [0.5, 0.6) is 0 Å². The number of aromatic nitrogens is 2. The Labute approximate surface area is 142 Å². The SMILES string of the molecule is Cc1nc2c(c(=O)[nH]1)CC1CCC(C2)N1C(=O)CCC1CCCC1. The lowest BCUT2D eigenvalue weighted by atomic mass is 9.98. The summed E-state index contributed by atoms with van der Waals surface area (Å²) in [5.41, 5.74) is 1.71. The number of fused-ring (bicyclic) bond motifs is 3. The largest absolute Gasteiger partial charge is 0.336 e. The molecule has 4 rings (SSSR count). The first-order valence-corrected chi connectivity index (χ1v) is 9.51. The van der Waals surface area contributed by atoms with E-state index in [2.05, 4.69) is 14.9 Å². The van der Waals surface area contributed by atoms with Crippen molar-refractivity contribution >= 4 is 5.91 Å². The highest BCUT2D eigenvalue weighted by Crippen LogP contribution is 2.34. The topological polar surface area (TPSA) is 66.1 Å². The van der Waals surface area contributed by atoms with Gasteiger partial charge in [-0.3, -0.25) is 9.59 Å². The van der Waals surface area contributed by atoms with Gasteiger partial charge in [0.25, 0.3) is 5.56 Å². The van der Waals surface area contributed by atoms with Crippen molar-refractivity contribution in [1.82, 2.24) is 14.9 Å². The quantitative estimate of drug-likeness (QED) is 0.926. The van der Waals surface area contributed by atoms with Crippen molar-refractivity contribution in [2.75, 3.05) is 0 Å². The maximum atomic E-state index is 12.9. The summed E-state index contributed by atoms with van der Waals surface area (Å²) in [7, 11) is 0. The zero-order valence-electron chi connectivity index (χ0n) is 14.5. The van der Waals surface area contributed by atoms with Crippen molar-refractivity contribution in [3.63, 3.8) is 0 Å². The predicted molar refractivity (Wildman–Crippen MR) is 91.9 cm³/mol. The van der Waals surface area contributed by atoms with Gasteiger partial charge in [-0.25, -0.2) is 4.98 Å². The molecule has 1 saturated heterocycles. The molecule has 1 saturated carbocycles. The van der Waals surface area contributed by atoms with Gasteiger partial charge in [0, 0.05) is 36.9 Å². The predicted octanol–water partition coefficient (Wildman–Crippen LogP) is 2.51. The Balaban J connectivity index is 1.51. The van der Waals surface area contributed by atoms with E-state index >= 15 is 0 Å². The third kappa shape index (κ3) is 2.89. The fourth-order valence-electron chi connectivity index (χ4n) is 5.03. The number of hydrogen-bond acceptors (Lipinski definition) is 3. The number of aryl methyl sites for hydroxylation is 1. The zero-order valence-corrected chi connectivity index (χ0v) is 14.5. The Hall–Kier alpha value is -1.65. The van der Waals surface area contributed by atoms with Crippen LogP contribution in [-0.2, 0) is 17.6 Å². The number of aromatic amines is 1. The molecule has 3 heterocycles. The molecule has 130 valence electrons. The number of amides is 1. The van der Waals surface area contributed by atoms with E-state index in [0.29, 0.717) is 24.6 Å². The van der Waals surface area contributed by atoms with Gasteiger partial charge in [0.15, 0.2) is 0 Å². The first-order valence-electron chi connectivity index (χ1n) is 9.51. The van der Waals surface area contributed by atoms with Crippen LogP contribution in [0.1, 0.15) is 68.4 Å². The van der Waals surface area contributed by atoms with Crippen molar-refractivity contribution in [2.24, 2.45) is 5.92 Å². The minimum absolute atomic E-state index is 0.0107. The highest BCUT2D eigenvalue weighted by Gasteiger charge is 2.40.